The summed E-state index contributed by atoms with van der Waals surface area (Å²) in [6.07, 6.45) is 1.08. The van der Waals surface area contributed by atoms with Gasteiger partial charge in [0.05, 0.1) is 17.2 Å². The molecule has 0 aromatic heterocycles. The van der Waals surface area contributed by atoms with Gasteiger partial charge in [0.25, 0.3) is 0 Å². The second kappa shape index (κ2) is 10.1. The number of hydrogen-bond donors (Lipinski definition) is 1. The maximum Gasteiger partial charge on any atom is 0.521 e. The number of nitrogens with one attached hydrogen (secondary N) is 1. The van der Waals surface area contributed by atoms with E-state index in [0.29, 0.717) is 17.0 Å². The van der Waals surface area contributed by atoms with Crippen molar-refractivity contribution in [1.29, 1.82) is 0 Å². The van der Waals surface area contributed by atoms with Crippen molar-refractivity contribution in [2.75, 3.05) is 11.9 Å². The number of carbonyl (C=O) groups is 1. The molecule has 34 heavy (non-hydrogen) atoms. The summed E-state index contributed by atoms with van der Waals surface area (Å²) in [6, 6.07) is 8.27. The summed E-state index contributed by atoms with van der Waals surface area (Å²) >= 11 is 5.72. The van der Waals surface area contributed by atoms with Crippen LogP contribution in [-0.2, 0) is 25.0 Å². The topological polar surface area (TPSA) is 156 Å². The van der Waals surface area contributed by atoms with Crippen molar-refractivity contribution < 1.29 is 36.1 Å². The highest BCUT2D eigenvalue weighted by Gasteiger charge is 2.36. The number of carbonyl (C=O) groups excluding carboxylic acids is 1. The number of amides is 1. The van der Waals surface area contributed by atoms with Gasteiger partial charge < -0.3 is 13.7 Å². The van der Waals surface area contributed by atoms with Crippen molar-refractivity contribution in [2.45, 2.75) is 32.3 Å². The highest BCUT2D eigenvalue weighted by Crippen LogP contribution is 2.42. The molecular weight excluding hydrogens is 494 g/mol. The minimum Gasteiger partial charge on any atom is -0.487 e. The number of ether oxygens (including phenoxy) is 2. The molecule has 3 rings (SSSR count). The number of unbranched alkanes of at least 4 members (excludes halogenated alkanes) is 1. The molecule has 0 unspecified atom stereocenters. The molecule has 182 valence electrons. The van der Waals surface area contributed by atoms with E-state index in [-0.39, 0.29) is 35.9 Å². The number of fused-ring (bicyclic) bond motifs is 1. The summed E-state index contributed by atoms with van der Waals surface area (Å²) in [7, 11) is -4.41. The number of rotatable bonds is 10. The predicted octanol–water partition coefficient (Wildman–Crippen LogP) is 4.53. The largest absolute Gasteiger partial charge is 0.521 e. The Hall–Kier alpha value is -3.58. The first-order valence-electron chi connectivity index (χ1n) is 9.83. The van der Waals surface area contributed by atoms with Crippen LogP contribution >= 0.6 is 11.6 Å². The molecule has 14 heteroatoms. The van der Waals surface area contributed by atoms with E-state index >= 15 is 0 Å². The average Bonchev–Trinajstić information content (AvgIpc) is 2.73. The summed E-state index contributed by atoms with van der Waals surface area (Å²) in [4.78, 5) is 22.5. The van der Waals surface area contributed by atoms with Gasteiger partial charge in [0.2, 0.25) is 0 Å². The normalized spacial score (nSPS) is 14.6. The van der Waals surface area contributed by atoms with Crippen LogP contribution in [0.25, 0.3) is 0 Å². The first-order chi connectivity index (χ1) is 16.0. The molecule has 0 radical (unpaired) electrons. The molecule has 0 aliphatic carbocycles. The molecule has 0 bridgehead atoms. The zero-order chi connectivity index (χ0) is 24.9. The van der Waals surface area contributed by atoms with Crippen molar-refractivity contribution in [2.24, 2.45) is 5.16 Å². The fraction of sp³-hybridized carbons (Fsp3) is 0.300. The Morgan fingerprint density at radius 1 is 1.26 bits per heavy atom. The van der Waals surface area contributed by atoms with Crippen LogP contribution in [0.15, 0.2) is 41.6 Å². The smallest absolute Gasteiger partial charge is 0.487 e. The summed E-state index contributed by atoms with van der Waals surface area (Å²) in [5.41, 5.74) is -0.534. The van der Waals surface area contributed by atoms with E-state index in [0.717, 1.165) is 0 Å². The molecule has 0 fully saturated rings. The molecule has 0 saturated carbocycles. The first-order valence-corrected chi connectivity index (χ1v) is 11.5. The lowest BCUT2D eigenvalue weighted by Crippen LogP contribution is -2.34. The number of benzene rings is 2. The highest BCUT2D eigenvalue weighted by molar-refractivity contribution is 7.82. The number of halogens is 1. The monoisotopic (exact) mass is 513 g/mol. The number of anilines is 1. The van der Waals surface area contributed by atoms with Crippen molar-refractivity contribution in [3.05, 3.63) is 57.1 Å². The molecular formula is C20H20ClN3O9S. The van der Waals surface area contributed by atoms with Crippen LogP contribution in [0.5, 0.6) is 11.5 Å². The molecule has 0 atom stereocenters. The Bertz CT molecular complexity index is 1210. The van der Waals surface area contributed by atoms with Crippen LogP contribution in [-0.4, -0.2) is 32.3 Å². The fourth-order valence-electron chi connectivity index (χ4n) is 2.97. The molecule has 1 heterocycles. The van der Waals surface area contributed by atoms with Gasteiger partial charge in [-0.15, -0.1) is 8.42 Å². The minimum absolute atomic E-state index is 0.00343. The Kier molecular flexibility index (Phi) is 7.47. The summed E-state index contributed by atoms with van der Waals surface area (Å²) in [5.74, 6) is 0.0106. The third kappa shape index (κ3) is 6.48. The van der Waals surface area contributed by atoms with E-state index in [1.54, 1.807) is 13.8 Å². The quantitative estimate of drug-likeness (QED) is 0.208. The standard InChI is InChI=1S/C20H20ClN3O9S/c1-20(2)15-11-18(17(24(26)27)12-16(15)23-19(25)31-20)30-10-4-3-9-22-33-34(28,29)32-14-7-5-13(21)6-8-14/h5-9,11-12H,3-4,10H2,1-2H3,(H,23,25). The van der Waals surface area contributed by atoms with Gasteiger partial charge in [-0.2, -0.15) is 0 Å². The van der Waals surface area contributed by atoms with Gasteiger partial charge in [-0.1, -0.05) is 16.8 Å². The van der Waals surface area contributed by atoms with Gasteiger partial charge in [0, 0.05) is 22.9 Å². The van der Waals surface area contributed by atoms with Crippen LogP contribution in [0.3, 0.4) is 0 Å². The zero-order valence-electron chi connectivity index (χ0n) is 18.0. The zero-order valence-corrected chi connectivity index (χ0v) is 19.6. The maximum atomic E-state index is 11.7. The van der Waals surface area contributed by atoms with E-state index in [2.05, 4.69) is 14.8 Å². The maximum absolute atomic E-state index is 11.7. The number of oxime groups is 1. The van der Waals surface area contributed by atoms with Crippen molar-refractivity contribution in [1.82, 2.24) is 0 Å². The Labute approximate surface area is 199 Å². The van der Waals surface area contributed by atoms with Crippen molar-refractivity contribution >= 4 is 45.7 Å². The molecule has 2 aromatic carbocycles. The van der Waals surface area contributed by atoms with E-state index in [4.69, 9.17) is 25.3 Å². The third-order valence-corrected chi connectivity index (χ3v) is 5.40. The summed E-state index contributed by atoms with van der Waals surface area (Å²) in [6.45, 7) is 3.37. The van der Waals surface area contributed by atoms with Crippen LogP contribution in [0.2, 0.25) is 5.02 Å². The van der Waals surface area contributed by atoms with Crippen LogP contribution in [0.4, 0.5) is 16.2 Å². The van der Waals surface area contributed by atoms with E-state index in [9.17, 15) is 23.3 Å². The molecule has 1 aliphatic heterocycles. The number of nitro benzene ring substituents is 1. The number of nitro groups is 1. The average molecular weight is 514 g/mol. The lowest BCUT2D eigenvalue weighted by Gasteiger charge is -2.32. The van der Waals surface area contributed by atoms with Crippen molar-refractivity contribution in [3.8, 4) is 11.5 Å². The van der Waals surface area contributed by atoms with Crippen molar-refractivity contribution in [3.63, 3.8) is 0 Å². The summed E-state index contributed by atoms with van der Waals surface area (Å²) < 4.78 is 43.3. The first kappa shape index (κ1) is 25.1. The van der Waals surface area contributed by atoms with Crippen LogP contribution in [0, 0.1) is 10.1 Å². The van der Waals surface area contributed by atoms with Gasteiger partial charge >= 0.3 is 22.2 Å². The van der Waals surface area contributed by atoms with E-state index < -0.39 is 27.0 Å². The minimum atomic E-state index is -4.41. The molecule has 0 spiro atoms. The van der Waals surface area contributed by atoms with Gasteiger partial charge in [0.1, 0.15) is 11.4 Å². The number of cyclic esters (lactones) is 1. The third-order valence-electron chi connectivity index (χ3n) is 4.48. The molecule has 1 amide bonds. The molecule has 1 N–H and O–H groups in total. The molecule has 1 aliphatic rings. The SMILES string of the molecule is CC1(C)OC(=O)Nc2cc([N+](=O)[O-])c(OCCCC=NOS(=O)(=O)Oc3ccc(Cl)cc3)cc21. The second-order valence-electron chi connectivity index (χ2n) is 7.45. The molecule has 2 aromatic rings. The van der Waals surface area contributed by atoms with Gasteiger partial charge in [-0.05, 0) is 57.0 Å². The Morgan fingerprint density at radius 3 is 2.65 bits per heavy atom. The highest BCUT2D eigenvalue weighted by atomic mass is 35.5. The summed E-state index contributed by atoms with van der Waals surface area (Å²) in [5, 5.41) is 17.6. The second-order valence-corrected chi connectivity index (χ2v) is 9.01. The van der Waals surface area contributed by atoms with Crippen LogP contribution in [0.1, 0.15) is 32.3 Å². The Balaban J connectivity index is 1.53. The van der Waals surface area contributed by atoms with E-state index in [1.165, 1.54) is 42.6 Å². The van der Waals surface area contributed by atoms with Gasteiger partial charge in [0.15, 0.2) is 5.75 Å². The van der Waals surface area contributed by atoms with Gasteiger partial charge in [-0.25, -0.2) is 9.08 Å². The van der Waals surface area contributed by atoms with Crippen LogP contribution < -0.4 is 14.2 Å². The lowest BCUT2D eigenvalue weighted by atomic mass is 9.94. The van der Waals surface area contributed by atoms with E-state index in [1.807, 2.05) is 0 Å². The fourth-order valence-corrected chi connectivity index (χ4v) is 3.64. The Morgan fingerprint density at radius 2 is 1.97 bits per heavy atom. The predicted molar refractivity (Wildman–Crippen MR) is 122 cm³/mol. The molecule has 12 nitrogen and oxygen atoms in total. The molecule has 0 saturated heterocycles. The van der Waals surface area contributed by atoms with Gasteiger partial charge in [-0.3, -0.25) is 15.4 Å². The number of nitrogens with zero attached hydrogens (tertiary/aromatic N) is 2. The lowest BCUT2D eigenvalue weighted by molar-refractivity contribution is -0.385. The number of hydrogen-bond acceptors (Lipinski definition) is 10.